The minimum Gasteiger partial charge on any atom is -0.397 e. The Kier molecular flexibility index (Phi) is 6.11. The molecular formula is C14H20Cl2N2O2. The van der Waals surface area contributed by atoms with Crippen LogP contribution in [0.3, 0.4) is 0 Å². The van der Waals surface area contributed by atoms with Crippen LogP contribution < -0.4 is 11.1 Å². The van der Waals surface area contributed by atoms with Crippen LogP contribution >= 0.6 is 23.2 Å². The standard InChI is InChI=1S/C14H20Cl2N2O2/c1-7(2)8(3)20-9(4)14(19)18-13-11(16)5-10(15)6-12(13)17/h5-9H,17H2,1-4H3,(H,18,19). The van der Waals surface area contributed by atoms with Crippen LogP contribution in [0.15, 0.2) is 12.1 Å². The van der Waals surface area contributed by atoms with Gasteiger partial charge in [0.05, 0.1) is 22.5 Å². The number of carbonyl (C=O) groups is 1. The van der Waals surface area contributed by atoms with E-state index in [4.69, 9.17) is 33.7 Å². The molecule has 4 nitrogen and oxygen atoms in total. The highest BCUT2D eigenvalue weighted by atomic mass is 35.5. The third kappa shape index (κ3) is 4.54. The molecule has 0 aromatic heterocycles. The predicted octanol–water partition coefficient (Wildman–Crippen LogP) is 3.96. The maximum absolute atomic E-state index is 12.1. The largest absolute Gasteiger partial charge is 0.397 e. The summed E-state index contributed by atoms with van der Waals surface area (Å²) in [5, 5.41) is 3.39. The number of ether oxygens (including phenoxy) is 1. The second kappa shape index (κ2) is 7.16. The van der Waals surface area contributed by atoms with Crippen molar-refractivity contribution >= 4 is 40.5 Å². The number of nitrogens with two attached hydrogens (primary N) is 1. The quantitative estimate of drug-likeness (QED) is 0.807. The lowest BCUT2D eigenvalue weighted by Gasteiger charge is -2.22. The van der Waals surface area contributed by atoms with Crippen LogP contribution in [-0.4, -0.2) is 18.1 Å². The molecule has 1 rings (SSSR count). The summed E-state index contributed by atoms with van der Waals surface area (Å²) in [6.07, 6.45) is -0.618. The van der Waals surface area contributed by atoms with Gasteiger partial charge >= 0.3 is 0 Å². The molecule has 2 unspecified atom stereocenters. The maximum Gasteiger partial charge on any atom is 0.253 e. The van der Waals surface area contributed by atoms with Crippen molar-refractivity contribution < 1.29 is 9.53 Å². The van der Waals surface area contributed by atoms with Gasteiger partial charge in [0.1, 0.15) is 6.10 Å². The summed E-state index contributed by atoms with van der Waals surface area (Å²) in [7, 11) is 0. The number of nitrogens with one attached hydrogen (secondary N) is 1. The smallest absolute Gasteiger partial charge is 0.253 e. The Balaban J connectivity index is 2.76. The van der Waals surface area contributed by atoms with Crippen LogP contribution in [0.5, 0.6) is 0 Å². The van der Waals surface area contributed by atoms with E-state index in [0.29, 0.717) is 27.3 Å². The van der Waals surface area contributed by atoms with E-state index < -0.39 is 6.10 Å². The van der Waals surface area contributed by atoms with Gasteiger partial charge < -0.3 is 15.8 Å². The molecular weight excluding hydrogens is 299 g/mol. The third-order valence-corrected chi connectivity index (χ3v) is 3.58. The summed E-state index contributed by atoms with van der Waals surface area (Å²) in [6.45, 7) is 7.68. The highest BCUT2D eigenvalue weighted by molar-refractivity contribution is 6.37. The molecule has 0 aliphatic carbocycles. The Morgan fingerprint density at radius 1 is 1.25 bits per heavy atom. The Labute approximate surface area is 129 Å². The van der Waals surface area contributed by atoms with E-state index in [1.54, 1.807) is 6.92 Å². The molecule has 6 heteroatoms. The zero-order valence-electron chi connectivity index (χ0n) is 12.0. The summed E-state index contributed by atoms with van der Waals surface area (Å²) < 4.78 is 5.63. The third-order valence-electron chi connectivity index (χ3n) is 3.06. The fraction of sp³-hybridized carbons (Fsp3) is 0.500. The van der Waals surface area contributed by atoms with Gasteiger partial charge in [-0.05, 0) is 31.9 Å². The van der Waals surface area contributed by atoms with E-state index in [-0.39, 0.29) is 12.0 Å². The number of nitrogen functional groups attached to an aromatic ring is 1. The number of halogens is 2. The van der Waals surface area contributed by atoms with Crippen molar-refractivity contribution in [1.82, 2.24) is 0 Å². The Bertz CT molecular complexity index is 469. The van der Waals surface area contributed by atoms with Gasteiger partial charge in [-0.2, -0.15) is 0 Å². The monoisotopic (exact) mass is 318 g/mol. The topological polar surface area (TPSA) is 64.3 Å². The second-order valence-corrected chi connectivity index (χ2v) is 5.91. The first-order valence-electron chi connectivity index (χ1n) is 6.43. The van der Waals surface area contributed by atoms with Crippen molar-refractivity contribution in [3.8, 4) is 0 Å². The van der Waals surface area contributed by atoms with Gasteiger partial charge in [-0.3, -0.25) is 4.79 Å². The number of hydrogen-bond donors (Lipinski definition) is 2. The van der Waals surface area contributed by atoms with Crippen molar-refractivity contribution in [2.24, 2.45) is 5.92 Å². The zero-order chi connectivity index (χ0) is 15.4. The van der Waals surface area contributed by atoms with E-state index in [2.05, 4.69) is 5.32 Å². The lowest BCUT2D eigenvalue weighted by Crippen LogP contribution is -2.32. The van der Waals surface area contributed by atoms with Crippen LogP contribution in [0.1, 0.15) is 27.7 Å². The van der Waals surface area contributed by atoms with Crippen LogP contribution in [0.4, 0.5) is 11.4 Å². The highest BCUT2D eigenvalue weighted by Gasteiger charge is 2.20. The number of carbonyl (C=O) groups excluding carboxylic acids is 1. The van der Waals surface area contributed by atoms with E-state index in [0.717, 1.165) is 0 Å². The minimum atomic E-state index is -0.599. The van der Waals surface area contributed by atoms with Gasteiger partial charge in [0.15, 0.2) is 0 Å². The Morgan fingerprint density at radius 2 is 1.85 bits per heavy atom. The van der Waals surface area contributed by atoms with E-state index in [1.165, 1.54) is 12.1 Å². The number of benzene rings is 1. The lowest BCUT2D eigenvalue weighted by molar-refractivity contribution is -0.130. The number of hydrogen-bond acceptors (Lipinski definition) is 3. The first-order chi connectivity index (χ1) is 9.22. The van der Waals surface area contributed by atoms with E-state index in [9.17, 15) is 4.79 Å². The van der Waals surface area contributed by atoms with Crippen molar-refractivity contribution in [2.45, 2.75) is 39.9 Å². The van der Waals surface area contributed by atoms with Crippen LogP contribution in [0.25, 0.3) is 0 Å². The Hall–Kier alpha value is -0.970. The molecule has 0 aliphatic rings. The van der Waals surface area contributed by atoms with Gasteiger partial charge in [0.25, 0.3) is 5.91 Å². The highest BCUT2D eigenvalue weighted by Crippen LogP contribution is 2.32. The summed E-state index contributed by atoms with van der Waals surface area (Å²) in [5.41, 5.74) is 6.47. The average Bonchev–Trinajstić information content (AvgIpc) is 2.32. The minimum absolute atomic E-state index is 0.0196. The maximum atomic E-state index is 12.1. The normalized spacial score (nSPS) is 14.2. The molecule has 0 saturated heterocycles. The molecule has 0 aliphatic heterocycles. The fourth-order valence-electron chi connectivity index (χ4n) is 1.49. The SMILES string of the molecule is CC(OC(C)C(C)C)C(=O)Nc1c(N)cc(Cl)cc1Cl. The van der Waals surface area contributed by atoms with Crippen molar-refractivity contribution in [1.29, 1.82) is 0 Å². The summed E-state index contributed by atoms with van der Waals surface area (Å²) in [5.74, 6) is 0.0304. The van der Waals surface area contributed by atoms with Gasteiger partial charge in [-0.1, -0.05) is 37.0 Å². The molecule has 1 aromatic carbocycles. The summed E-state index contributed by atoms with van der Waals surface area (Å²) >= 11 is 11.8. The average molecular weight is 319 g/mol. The van der Waals surface area contributed by atoms with E-state index >= 15 is 0 Å². The number of rotatable bonds is 5. The van der Waals surface area contributed by atoms with Crippen LogP contribution in [0, 0.1) is 5.92 Å². The molecule has 0 fully saturated rings. The zero-order valence-corrected chi connectivity index (χ0v) is 13.5. The predicted molar refractivity (Wildman–Crippen MR) is 84.4 cm³/mol. The molecule has 3 N–H and O–H groups in total. The molecule has 1 amide bonds. The number of amides is 1. The van der Waals surface area contributed by atoms with Gasteiger partial charge in [-0.15, -0.1) is 0 Å². The first-order valence-corrected chi connectivity index (χ1v) is 7.18. The fourth-order valence-corrected chi connectivity index (χ4v) is 2.05. The molecule has 0 spiro atoms. The Morgan fingerprint density at radius 3 is 2.35 bits per heavy atom. The van der Waals surface area contributed by atoms with E-state index in [1.807, 2.05) is 20.8 Å². The molecule has 0 radical (unpaired) electrons. The van der Waals surface area contributed by atoms with Crippen molar-refractivity contribution in [3.05, 3.63) is 22.2 Å². The van der Waals surface area contributed by atoms with Gasteiger partial charge in [0.2, 0.25) is 0 Å². The molecule has 112 valence electrons. The van der Waals surface area contributed by atoms with Crippen molar-refractivity contribution in [2.75, 3.05) is 11.1 Å². The molecule has 2 atom stereocenters. The molecule has 1 aromatic rings. The number of anilines is 2. The second-order valence-electron chi connectivity index (χ2n) is 5.07. The molecule has 20 heavy (non-hydrogen) atoms. The van der Waals surface area contributed by atoms with Crippen LogP contribution in [-0.2, 0) is 9.53 Å². The van der Waals surface area contributed by atoms with Crippen LogP contribution in [0.2, 0.25) is 10.0 Å². The summed E-state index contributed by atoms with van der Waals surface area (Å²) in [6, 6.07) is 3.06. The summed E-state index contributed by atoms with van der Waals surface area (Å²) in [4.78, 5) is 12.1. The first kappa shape index (κ1) is 17.1. The van der Waals surface area contributed by atoms with Gasteiger partial charge in [0, 0.05) is 5.02 Å². The van der Waals surface area contributed by atoms with Gasteiger partial charge in [-0.25, -0.2) is 0 Å². The molecule has 0 heterocycles. The molecule has 0 saturated carbocycles. The lowest BCUT2D eigenvalue weighted by atomic mass is 10.1. The van der Waals surface area contributed by atoms with Crippen molar-refractivity contribution in [3.63, 3.8) is 0 Å². The molecule has 0 bridgehead atoms.